The molecule has 2 aliphatic rings. The van der Waals surface area contributed by atoms with Crippen LogP contribution in [0.1, 0.15) is 43.7 Å². The molecular weight excluding hydrogens is 436 g/mol. The number of ether oxygens (including phenoxy) is 2. The summed E-state index contributed by atoms with van der Waals surface area (Å²) in [5.41, 5.74) is 3.63. The second-order valence-electron chi connectivity index (χ2n) is 9.09. The number of carboxylic acids is 1. The van der Waals surface area contributed by atoms with Gasteiger partial charge in [0.05, 0.1) is 11.5 Å². The maximum atomic E-state index is 12.9. The molecule has 8 nitrogen and oxygen atoms in total. The molecule has 8 heteroatoms. The second-order valence-corrected chi connectivity index (χ2v) is 9.09. The highest BCUT2D eigenvalue weighted by Gasteiger charge is 2.39. The van der Waals surface area contributed by atoms with E-state index in [1.165, 1.54) is 0 Å². The molecule has 0 radical (unpaired) electrons. The summed E-state index contributed by atoms with van der Waals surface area (Å²) in [6.45, 7) is 4.12. The molecule has 1 fully saturated rings. The van der Waals surface area contributed by atoms with Crippen molar-refractivity contribution < 1.29 is 29.0 Å². The predicted molar refractivity (Wildman–Crippen MR) is 125 cm³/mol. The minimum atomic E-state index is -1.10. The van der Waals surface area contributed by atoms with Gasteiger partial charge in [0.2, 0.25) is 5.91 Å². The van der Waals surface area contributed by atoms with Crippen LogP contribution in [0.25, 0.3) is 11.1 Å². The van der Waals surface area contributed by atoms with Gasteiger partial charge in [-0.15, -0.1) is 0 Å². The molecule has 0 spiro atoms. The molecule has 0 saturated carbocycles. The van der Waals surface area contributed by atoms with Gasteiger partial charge in [0.25, 0.3) is 0 Å². The third kappa shape index (κ3) is 4.63. The lowest BCUT2D eigenvalue weighted by Gasteiger charge is -2.29. The van der Waals surface area contributed by atoms with Crippen molar-refractivity contribution in [2.45, 2.75) is 44.8 Å². The maximum Gasteiger partial charge on any atom is 0.407 e. The highest BCUT2D eigenvalue weighted by molar-refractivity contribution is 5.85. The fourth-order valence-electron chi connectivity index (χ4n) is 4.61. The van der Waals surface area contributed by atoms with Gasteiger partial charge in [-0.3, -0.25) is 4.79 Å². The first kappa shape index (κ1) is 23.8. The van der Waals surface area contributed by atoms with E-state index < -0.39 is 29.6 Å². The molecule has 2 aromatic carbocycles. The Kier molecular flexibility index (Phi) is 6.88. The molecular formula is C26H30N2O6. The fourth-order valence-corrected chi connectivity index (χ4v) is 4.61. The number of rotatable bonds is 8. The molecule has 3 N–H and O–H groups in total. The zero-order valence-electron chi connectivity index (χ0n) is 19.4. The van der Waals surface area contributed by atoms with E-state index in [2.05, 4.69) is 34.9 Å². The number of alkyl carbamates (subject to hydrolysis) is 1. The van der Waals surface area contributed by atoms with Gasteiger partial charge in [-0.25, -0.2) is 9.59 Å². The number of carbonyl (C=O) groups is 3. The van der Waals surface area contributed by atoms with Gasteiger partial charge in [0.1, 0.15) is 6.61 Å². The van der Waals surface area contributed by atoms with Crippen LogP contribution in [0.3, 0.4) is 0 Å². The van der Waals surface area contributed by atoms with Crippen LogP contribution in [-0.2, 0) is 19.1 Å². The van der Waals surface area contributed by atoms with E-state index in [1.807, 2.05) is 31.2 Å². The quantitative estimate of drug-likeness (QED) is 0.550. The number of amides is 2. The summed E-state index contributed by atoms with van der Waals surface area (Å²) in [5, 5.41) is 14.8. The van der Waals surface area contributed by atoms with Crippen LogP contribution in [0.5, 0.6) is 0 Å². The molecule has 3 atom stereocenters. The SMILES string of the molecule is CCC(C)(CNC(=O)OCC1c2ccccc2-c2ccccc21)C(=O)N[C@@H]1CCO[C@@H]1C(=O)O. The highest BCUT2D eigenvalue weighted by Crippen LogP contribution is 2.44. The van der Waals surface area contributed by atoms with E-state index in [4.69, 9.17) is 9.47 Å². The van der Waals surface area contributed by atoms with Gasteiger partial charge in [-0.05, 0) is 42.0 Å². The van der Waals surface area contributed by atoms with Crippen molar-refractivity contribution in [1.29, 1.82) is 0 Å². The summed E-state index contributed by atoms with van der Waals surface area (Å²) in [6.07, 6.45) is -0.766. The van der Waals surface area contributed by atoms with Crippen molar-refractivity contribution in [3.8, 4) is 11.1 Å². The monoisotopic (exact) mass is 466 g/mol. The van der Waals surface area contributed by atoms with Crippen LogP contribution in [0.15, 0.2) is 48.5 Å². The van der Waals surface area contributed by atoms with Crippen molar-refractivity contribution in [2.24, 2.45) is 5.41 Å². The Morgan fingerprint density at radius 3 is 2.29 bits per heavy atom. The van der Waals surface area contributed by atoms with E-state index in [0.29, 0.717) is 12.8 Å². The van der Waals surface area contributed by atoms with Crippen molar-refractivity contribution >= 4 is 18.0 Å². The number of hydrogen-bond donors (Lipinski definition) is 3. The molecule has 2 aromatic rings. The number of carbonyl (C=O) groups excluding carboxylic acids is 2. The molecule has 1 heterocycles. The average Bonchev–Trinajstić information content (AvgIpc) is 3.44. The Balaban J connectivity index is 1.34. The second kappa shape index (κ2) is 9.85. The third-order valence-electron chi connectivity index (χ3n) is 6.95. The average molecular weight is 467 g/mol. The van der Waals surface area contributed by atoms with E-state index >= 15 is 0 Å². The van der Waals surface area contributed by atoms with E-state index in [9.17, 15) is 19.5 Å². The van der Waals surface area contributed by atoms with Gasteiger partial charge in [0, 0.05) is 19.1 Å². The number of carboxylic acid groups (broad SMARTS) is 1. The van der Waals surface area contributed by atoms with Crippen LogP contribution < -0.4 is 10.6 Å². The molecule has 1 aliphatic carbocycles. The lowest BCUT2D eigenvalue weighted by Crippen LogP contribution is -2.52. The first-order valence-electron chi connectivity index (χ1n) is 11.6. The summed E-state index contributed by atoms with van der Waals surface area (Å²) in [7, 11) is 0. The number of hydrogen-bond acceptors (Lipinski definition) is 5. The number of nitrogens with one attached hydrogen (secondary N) is 2. The highest BCUT2D eigenvalue weighted by atomic mass is 16.5. The zero-order chi connectivity index (χ0) is 24.3. The summed E-state index contributed by atoms with van der Waals surface area (Å²) < 4.78 is 10.8. The van der Waals surface area contributed by atoms with E-state index in [-0.39, 0.29) is 31.6 Å². The number of fused-ring (bicyclic) bond motifs is 3. The van der Waals surface area contributed by atoms with Gasteiger partial charge in [0.15, 0.2) is 6.10 Å². The van der Waals surface area contributed by atoms with Crippen LogP contribution in [-0.4, -0.2) is 55.0 Å². The van der Waals surface area contributed by atoms with E-state index in [1.54, 1.807) is 6.92 Å². The molecule has 1 unspecified atom stereocenters. The lowest BCUT2D eigenvalue weighted by molar-refractivity contribution is -0.148. The van der Waals surface area contributed by atoms with Crippen molar-refractivity contribution in [2.75, 3.05) is 19.8 Å². The summed E-state index contributed by atoms with van der Waals surface area (Å²) in [4.78, 5) is 36.8. The molecule has 180 valence electrons. The Labute approximate surface area is 198 Å². The van der Waals surface area contributed by atoms with Crippen LogP contribution in [0.2, 0.25) is 0 Å². The van der Waals surface area contributed by atoms with E-state index in [0.717, 1.165) is 22.3 Å². The molecule has 1 saturated heterocycles. The summed E-state index contributed by atoms with van der Waals surface area (Å²) in [6, 6.07) is 15.6. The topological polar surface area (TPSA) is 114 Å². The van der Waals surface area contributed by atoms with Crippen molar-refractivity contribution in [3.63, 3.8) is 0 Å². The van der Waals surface area contributed by atoms with Gasteiger partial charge < -0.3 is 25.2 Å². The lowest BCUT2D eigenvalue weighted by atomic mass is 9.86. The number of aliphatic carboxylic acids is 1. The minimum Gasteiger partial charge on any atom is -0.479 e. The standard InChI is InChI=1S/C26H30N2O6/c1-3-26(2,24(31)28-21-12-13-33-22(21)23(29)30)15-27-25(32)34-14-20-18-10-6-4-8-16(18)17-9-5-7-11-19(17)20/h4-11,20-22H,3,12-15H2,1-2H3,(H,27,32)(H,28,31)(H,29,30)/t21-,22+,26?/m1/s1. The smallest absolute Gasteiger partial charge is 0.407 e. The molecule has 0 aromatic heterocycles. The normalized spacial score (nSPS) is 20.6. The largest absolute Gasteiger partial charge is 0.479 e. The van der Waals surface area contributed by atoms with Crippen molar-refractivity contribution in [3.05, 3.63) is 59.7 Å². The Bertz CT molecular complexity index is 1040. The summed E-state index contributed by atoms with van der Waals surface area (Å²) in [5.74, 6) is -1.47. The van der Waals surface area contributed by atoms with Crippen molar-refractivity contribution in [1.82, 2.24) is 10.6 Å². The predicted octanol–water partition coefficient (Wildman–Crippen LogP) is 3.30. The van der Waals surface area contributed by atoms with Gasteiger partial charge in [-0.2, -0.15) is 0 Å². The first-order chi connectivity index (χ1) is 16.3. The fraction of sp³-hybridized carbons (Fsp3) is 0.423. The molecule has 1 aliphatic heterocycles. The van der Waals surface area contributed by atoms with Crippen LogP contribution >= 0.6 is 0 Å². The zero-order valence-corrected chi connectivity index (χ0v) is 19.4. The van der Waals surface area contributed by atoms with Crippen LogP contribution in [0, 0.1) is 5.41 Å². The Hall–Kier alpha value is -3.39. The minimum absolute atomic E-state index is 0.0469. The molecule has 2 amide bonds. The molecule has 34 heavy (non-hydrogen) atoms. The third-order valence-corrected chi connectivity index (χ3v) is 6.95. The summed E-state index contributed by atoms with van der Waals surface area (Å²) >= 11 is 0. The molecule has 4 rings (SSSR count). The Morgan fingerprint density at radius 2 is 1.71 bits per heavy atom. The van der Waals surface area contributed by atoms with Crippen LogP contribution in [0.4, 0.5) is 4.79 Å². The molecule has 0 bridgehead atoms. The number of benzene rings is 2. The Morgan fingerprint density at radius 1 is 1.09 bits per heavy atom. The van der Waals surface area contributed by atoms with Gasteiger partial charge >= 0.3 is 12.1 Å². The first-order valence-corrected chi connectivity index (χ1v) is 11.6. The maximum absolute atomic E-state index is 12.9. The van der Waals surface area contributed by atoms with Gasteiger partial charge in [-0.1, -0.05) is 55.5 Å².